The van der Waals surface area contributed by atoms with Crippen molar-refractivity contribution in [3.63, 3.8) is 0 Å². The molecule has 0 unspecified atom stereocenters. The molecule has 3 aromatic rings. The van der Waals surface area contributed by atoms with Gasteiger partial charge >= 0.3 is 0 Å². The molecule has 0 spiro atoms. The van der Waals surface area contributed by atoms with E-state index in [4.69, 9.17) is 5.73 Å². The van der Waals surface area contributed by atoms with Crippen LogP contribution in [0.2, 0.25) is 0 Å². The van der Waals surface area contributed by atoms with E-state index in [0.29, 0.717) is 12.3 Å². The summed E-state index contributed by atoms with van der Waals surface area (Å²) in [5, 5.41) is 4.47. The lowest BCUT2D eigenvalue weighted by Crippen LogP contribution is -2.01. The summed E-state index contributed by atoms with van der Waals surface area (Å²) < 4.78 is 1.79. The Hall–Kier alpha value is -2.27. The van der Waals surface area contributed by atoms with Crippen LogP contribution >= 0.6 is 0 Å². The average Bonchev–Trinajstić information content (AvgIpc) is 2.89. The smallest absolute Gasteiger partial charge is 0.253 e. The van der Waals surface area contributed by atoms with E-state index < -0.39 is 0 Å². The Labute approximate surface area is 117 Å². The van der Waals surface area contributed by atoms with E-state index >= 15 is 0 Å². The molecule has 0 aliphatic carbocycles. The van der Waals surface area contributed by atoms with Crippen LogP contribution < -0.4 is 5.73 Å². The molecule has 5 nitrogen and oxygen atoms in total. The van der Waals surface area contributed by atoms with Crippen molar-refractivity contribution in [2.45, 2.75) is 19.8 Å². The standard InChI is InChI=1S/C15H17N5/c1-11-10-13(12-6-3-2-4-7-12)17-15-18-14(8-5-9-16)19-20(11)15/h2-4,6-7,10H,5,8-9,16H2,1H3. The third kappa shape index (κ3) is 2.40. The Morgan fingerprint density at radius 2 is 1.95 bits per heavy atom. The van der Waals surface area contributed by atoms with E-state index in [-0.39, 0.29) is 0 Å². The molecule has 0 saturated carbocycles. The second-order valence-electron chi connectivity index (χ2n) is 4.78. The van der Waals surface area contributed by atoms with Crippen LogP contribution in [0.1, 0.15) is 17.9 Å². The van der Waals surface area contributed by atoms with Gasteiger partial charge < -0.3 is 5.73 Å². The number of aryl methyl sites for hydroxylation is 2. The lowest BCUT2D eigenvalue weighted by Gasteiger charge is -2.03. The van der Waals surface area contributed by atoms with Gasteiger partial charge in [-0.15, -0.1) is 5.10 Å². The number of hydrogen-bond acceptors (Lipinski definition) is 4. The molecule has 0 atom stereocenters. The van der Waals surface area contributed by atoms with Crippen LogP contribution in [0.5, 0.6) is 0 Å². The topological polar surface area (TPSA) is 69.1 Å². The maximum atomic E-state index is 5.52. The third-order valence-corrected chi connectivity index (χ3v) is 3.21. The summed E-state index contributed by atoms with van der Waals surface area (Å²) in [5.41, 5.74) is 8.56. The van der Waals surface area contributed by atoms with E-state index in [9.17, 15) is 0 Å². The SMILES string of the molecule is Cc1cc(-c2ccccc2)nc2nc(CCCN)nn12. The first-order chi connectivity index (χ1) is 9.78. The van der Waals surface area contributed by atoms with Crippen LogP contribution in [0, 0.1) is 6.92 Å². The van der Waals surface area contributed by atoms with Crippen LogP contribution in [0.15, 0.2) is 36.4 Å². The highest BCUT2D eigenvalue weighted by molar-refractivity contribution is 5.61. The zero-order chi connectivity index (χ0) is 13.9. The molecule has 0 radical (unpaired) electrons. The van der Waals surface area contributed by atoms with Gasteiger partial charge in [0.05, 0.1) is 5.69 Å². The van der Waals surface area contributed by atoms with Crippen molar-refractivity contribution in [2.24, 2.45) is 5.73 Å². The lowest BCUT2D eigenvalue weighted by molar-refractivity contribution is 0.768. The zero-order valence-corrected chi connectivity index (χ0v) is 11.5. The zero-order valence-electron chi connectivity index (χ0n) is 11.5. The first-order valence-corrected chi connectivity index (χ1v) is 6.77. The van der Waals surface area contributed by atoms with E-state index in [1.54, 1.807) is 4.52 Å². The van der Waals surface area contributed by atoms with Crippen molar-refractivity contribution < 1.29 is 0 Å². The Bertz CT molecular complexity index is 718. The molecule has 2 aromatic heterocycles. The molecular weight excluding hydrogens is 250 g/mol. The van der Waals surface area contributed by atoms with Gasteiger partial charge in [-0.1, -0.05) is 30.3 Å². The first kappa shape index (κ1) is 12.7. The fourth-order valence-corrected chi connectivity index (χ4v) is 2.18. The first-order valence-electron chi connectivity index (χ1n) is 6.77. The molecule has 20 heavy (non-hydrogen) atoms. The van der Waals surface area contributed by atoms with Gasteiger partial charge in [0.1, 0.15) is 0 Å². The fraction of sp³-hybridized carbons (Fsp3) is 0.267. The van der Waals surface area contributed by atoms with Crippen LogP contribution in [0.3, 0.4) is 0 Å². The van der Waals surface area contributed by atoms with Gasteiger partial charge in [0.25, 0.3) is 5.78 Å². The Balaban J connectivity index is 2.05. The van der Waals surface area contributed by atoms with Gasteiger partial charge in [-0.05, 0) is 26.0 Å². The summed E-state index contributed by atoms with van der Waals surface area (Å²) in [6.07, 6.45) is 1.68. The van der Waals surface area contributed by atoms with Crippen molar-refractivity contribution in [1.82, 2.24) is 19.6 Å². The van der Waals surface area contributed by atoms with Crippen LogP contribution in [0.25, 0.3) is 17.0 Å². The number of nitrogens with zero attached hydrogens (tertiary/aromatic N) is 4. The summed E-state index contributed by atoms with van der Waals surface area (Å²) in [6, 6.07) is 12.1. The van der Waals surface area contributed by atoms with Gasteiger partial charge in [-0.25, -0.2) is 9.50 Å². The normalized spacial score (nSPS) is 11.1. The molecule has 0 aliphatic heterocycles. The summed E-state index contributed by atoms with van der Waals surface area (Å²) in [7, 11) is 0. The summed E-state index contributed by atoms with van der Waals surface area (Å²) in [5.74, 6) is 1.45. The molecule has 2 heterocycles. The second-order valence-corrected chi connectivity index (χ2v) is 4.78. The monoisotopic (exact) mass is 267 g/mol. The minimum absolute atomic E-state index is 0.649. The molecule has 2 N–H and O–H groups in total. The average molecular weight is 267 g/mol. The number of rotatable bonds is 4. The maximum absolute atomic E-state index is 5.52. The minimum Gasteiger partial charge on any atom is -0.330 e. The predicted octanol–water partition coefficient (Wildman–Crippen LogP) is 1.99. The number of hydrogen-bond donors (Lipinski definition) is 1. The second kappa shape index (κ2) is 5.38. The summed E-state index contributed by atoms with van der Waals surface area (Å²) in [4.78, 5) is 9.08. The molecule has 0 aliphatic rings. The van der Waals surface area contributed by atoms with E-state index in [2.05, 4.69) is 15.1 Å². The van der Waals surface area contributed by atoms with Gasteiger partial charge in [0.15, 0.2) is 5.82 Å². The highest BCUT2D eigenvalue weighted by atomic mass is 15.3. The quantitative estimate of drug-likeness (QED) is 0.785. The molecule has 3 rings (SSSR count). The van der Waals surface area contributed by atoms with Crippen molar-refractivity contribution in [1.29, 1.82) is 0 Å². The molecular formula is C15H17N5. The molecule has 0 amide bonds. The molecule has 0 fully saturated rings. The largest absolute Gasteiger partial charge is 0.330 e. The number of benzene rings is 1. The Morgan fingerprint density at radius 1 is 1.15 bits per heavy atom. The molecule has 0 saturated heterocycles. The van der Waals surface area contributed by atoms with E-state index in [1.165, 1.54) is 0 Å². The highest BCUT2D eigenvalue weighted by Gasteiger charge is 2.09. The van der Waals surface area contributed by atoms with Crippen molar-refractivity contribution >= 4 is 5.78 Å². The highest BCUT2D eigenvalue weighted by Crippen LogP contribution is 2.18. The van der Waals surface area contributed by atoms with Gasteiger partial charge in [-0.2, -0.15) is 4.98 Å². The Morgan fingerprint density at radius 3 is 2.70 bits per heavy atom. The Kier molecular flexibility index (Phi) is 3.43. The maximum Gasteiger partial charge on any atom is 0.253 e. The predicted molar refractivity (Wildman–Crippen MR) is 78.3 cm³/mol. The van der Waals surface area contributed by atoms with E-state index in [1.807, 2.05) is 43.3 Å². The summed E-state index contributed by atoms with van der Waals surface area (Å²) >= 11 is 0. The van der Waals surface area contributed by atoms with Crippen LogP contribution in [-0.4, -0.2) is 26.1 Å². The molecule has 102 valence electrons. The van der Waals surface area contributed by atoms with Gasteiger partial charge in [0.2, 0.25) is 0 Å². The van der Waals surface area contributed by atoms with E-state index in [0.717, 1.165) is 35.6 Å². The number of fused-ring (bicyclic) bond motifs is 1. The summed E-state index contributed by atoms with van der Waals surface area (Å²) in [6.45, 7) is 2.67. The lowest BCUT2D eigenvalue weighted by atomic mass is 10.1. The van der Waals surface area contributed by atoms with Crippen LogP contribution in [0.4, 0.5) is 0 Å². The molecule has 1 aromatic carbocycles. The van der Waals surface area contributed by atoms with Crippen molar-refractivity contribution in [3.05, 3.63) is 47.9 Å². The van der Waals surface area contributed by atoms with Crippen molar-refractivity contribution in [3.8, 4) is 11.3 Å². The van der Waals surface area contributed by atoms with Crippen LogP contribution in [-0.2, 0) is 6.42 Å². The number of aromatic nitrogens is 4. The third-order valence-electron chi connectivity index (χ3n) is 3.21. The van der Waals surface area contributed by atoms with Crippen molar-refractivity contribution in [2.75, 3.05) is 6.54 Å². The fourth-order valence-electron chi connectivity index (χ4n) is 2.18. The molecule has 5 heteroatoms. The molecule has 0 bridgehead atoms. The number of nitrogens with two attached hydrogens (primary N) is 1. The minimum atomic E-state index is 0.649. The van der Waals surface area contributed by atoms with Gasteiger partial charge in [0, 0.05) is 17.7 Å². The van der Waals surface area contributed by atoms with Gasteiger partial charge in [-0.3, -0.25) is 0 Å².